The van der Waals surface area contributed by atoms with Gasteiger partial charge in [0.1, 0.15) is 0 Å². The Labute approximate surface area is 134 Å². The smallest absolute Gasteiger partial charge is 0.314 e. The van der Waals surface area contributed by atoms with E-state index >= 15 is 0 Å². The first kappa shape index (κ1) is 16.0. The van der Waals surface area contributed by atoms with Crippen molar-refractivity contribution in [2.75, 3.05) is 10.6 Å². The first-order valence-corrected chi connectivity index (χ1v) is 7.21. The molecule has 2 rings (SSSR count). The molecule has 0 spiro atoms. The summed E-state index contributed by atoms with van der Waals surface area (Å²) in [4.78, 5) is 24.1. The number of carbonyl (C=O) groups is 2. The van der Waals surface area contributed by atoms with E-state index in [0.29, 0.717) is 16.4 Å². The van der Waals surface area contributed by atoms with Crippen molar-refractivity contribution in [1.82, 2.24) is 0 Å². The van der Waals surface area contributed by atoms with Crippen molar-refractivity contribution < 1.29 is 9.59 Å². The number of hydrogen-bond donors (Lipinski definition) is 2. The normalized spacial score (nSPS) is 10.2. The fourth-order valence-corrected chi connectivity index (χ4v) is 2.35. The molecule has 22 heavy (non-hydrogen) atoms. The first-order valence-electron chi connectivity index (χ1n) is 6.83. The van der Waals surface area contributed by atoms with Gasteiger partial charge in [-0.2, -0.15) is 0 Å². The van der Waals surface area contributed by atoms with E-state index < -0.39 is 11.8 Å². The van der Waals surface area contributed by atoms with Crippen molar-refractivity contribution in [2.24, 2.45) is 0 Å². The maximum Gasteiger partial charge on any atom is 0.314 e. The van der Waals surface area contributed by atoms with Crippen molar-refractivity contribution in [1.29, 1.82) is 0 Å². The molecule has 0 unspecified atom stereocenters. The minimum absolute atomic E-state index is 0.561. The topological polar surface area (TPSA) is 58.2 Å². The second-order valence-electron chi connectivity index (χ2n) is 5.13. The van der Waals surface area contributed by atoms with Crippen LogP contribution < -0.4 is 10.6 Å². The predicted octanol–water partition coefficient (Wildman–Crippen LogP) is 3.84. The summed E-state index contributed by atoms with van der Waals surface area (Å²) in [6, 6.07) is 10.7. The van der Waals surface area contributed by atoms with E-state index in [1.54, 1.807) is 18.2 Å². The van der Waals surface area contributed by atoms with Crippen LogP contribution in [0.3, 0.4) is 0 Å². The second-order valence-corrected chi connectivity index (χ2v) is 5.57. The maximum atomic E-state index is 12.1. The Morgan fingerprint density at radius 1 is 0.864 bits per heavy atom. The predicted molar refractivity (Wildman–Crippen MR) is 89.4 cm³/mol. The van der Waals surface area contributed by atoms with Crippen LogP contribution in [0.2, 0.25) is 5.02 Å². The lowest BCUT2D eigenvalue weighted by Gasteiger charge is -2.12. The monoisotopic (exact) mass is 316 g/mol. The molecule has 2 N–H and O–H groups in total. The Morgan fingerprint density at radius 2 is 1.45 bits per heavy atom. The average Bonchev–Trinajstić information content (AvgIpc) is 2.45. The van der Waals surface area contributed by atoms with Crippen LogP contribution in [0.4, 0.5) is 11.4 Å². The third-order valence-electron chi connectivity index (χ3n) is 3.36. The molecular weight excluding hydrogens is 300 g/mol. The summed E-state index contributed by atoms with van der Waals surface area (Å²) in [6.07, 6.45) is 0. The summed E-state index contributed by atoms with van der Waals surface area (Å²) in [6.45, 7) is 5.57. The third-order valence-corrected chi connectivity index (χ3v) is 3.60. The number of nitrogens with one attached hydrogen (secondary N) is 2. The van der Waals surface area contributed by atoms with Crippen molar-refractivity contribution >= 4 is 34.8 Å². The number of para-hydroxylation sites is 1. The van der Waals surface area contributed by atoms with Crippen LogP contribution in [0.25, 0.3) is 0 Å². The zero-order valence-corrected chi connectivity index (χ0v) is 13.4. The van der Waals surface area contributed by atoms with E-state index in [4.69, 9.17) is 11.6 Å². The van der Waals surface area contributed by atoms with Gasteiger partial charge in [0.15, 0.2) is 0 Å². The van der Waals surface area contributed by atoms with E-state index in [9.17, 15) is 9.59 Å². The number of halogens is 1. The molecule has 5 heteroatoms. The van der Waals surface area contributed by atoms with Crippen LogP contribution in [0, 0.1) is 20.8 Å². The summed E-state index contributed by atoms with van der Waals surface area (Å²) >= 11 is 5.87. The first-order chi connectivity index (χ1) is 10.4. The van der Waals surface area contributed by atoms with Gasteiger partial charge in [-0.1, -0.05) is 29.8 Å². The number of benzene rings is 2. The number of hydrogen-bond acceptors (Lipinski definition) is 2. The molecule has 2 amide bonds. The van der Waals surface area contributed by atoms with Crippen LogP contribution >= 0.6 is 11.6 Å². The van der Waals surface area contributed by atoms with Gasteiger partial charge in [-0.05, 0) is 55.7 Å². The average molecular weight is 317 g/mol. The van der Waals surface area contributed by atoms with Crippen LogP contribution in [0.1, 0.15) is 16.7 Å². The van der Waals surface area contributed by atoms with Gasteiger partial charge in [0, 0.05) is 16.4 Å². The van der Waals surface area contributed by atoms with E-state index in [1.165, 1.54) is 0 Å². The van der Waals surface area contributed by atoms with Gasteiger partial charge in [0.2, 0.25) is 0 Å². The molecule has 114 valence electrons. The molecule has 0 fully saturated rings. The molecule has 0 saturated carbocycles. The summed E-state index contributed by atoms with van der Waals surface area (Å²) < 4.78 is 0. The quantitative estimate of drug-likeness (QED) is 0.827. The van der Waals surface area contributed by atoms with Crippen LogP contribution in [-0.2, 0) is 9.59 Å². The largest absolute Gasteiger partial charge is 0.318 e. The third kappa shape index (κ3) is 3.65. The number of rotatable bonds is 2. The molecule has 0 radical (unpaired) electrons. The lowest BCUT2D eigenvalue weighted by molar-refractivity contribution is -0.133. The van der Waals surface area contributed by atoms with Crippen molar-refractivity contribution in [3.63, 3.8) is 0 Å². The van der Waals surface area contributed by atoms with Crippen molar-refractivity contribution in [3.8, 4) is 0 Å². The van der Waals surface area contributed by atoms with E-state index in [-0.39, 0.29) is 0 Å². The standard InChI is InChI=1S/C17H17ClN2O2/c1-10-5-4-6-11(2)15(10)20-17(22)16(21)19-14-8-7-13(18)9-12(14)3/h4-9H,1-3H3,(H,19,21)(H,20,22). The Bertz CT molecular complexity index is 721. The maximum absolute atomic E-state index is 12.1. The molecule has 0 atom stereocenters. The van der Waals surface area contributed by atoms with E-state index in [1.807, 2.05) is 39.0 Å². The van der Waals surface area contributed by atoms with Crippen LogP contribution in [0.5, 0.6) is 0 Å². The zero-order valence-electron chi connectivity index (χ0n) is 12.7. The number of aryl methyl sites for hydroxylation is 3. The summed E-state index contributed by atoms with van der Waals surface area (Å²) in [5.41, 5.74) is 3.83. The van der Waals surface area contributed by atoms with Gasteiger partial charge >= 0.3 is 11.8 Å². The molecule has 0 heterocycles. The SMILES string of the molecule is Cc1cc(Cl)ccc1NC(=O)C(=O)Nc1c(C)cccc1C. The highest BCUT2D eigenvalue weighted by Crippen LogP contribution is 2.21. The highest BCUT2D eigenvalue weighted by molar-refractivity contribution is 6.44. The fourth-order valence-electron chi connectivity index (χ4n) is 2.13. The Morgan fingerprint density at radius 3 is 2.05 bits per heavy atom. The molecule has 0 bridgehead atoms. The van der Waals surface area contributed by atoms with Crippen LogP contribution in [0.15, 0.2) is 36.4 Å². The van der Waals surface area contributed by atoms with Crippen molar-refractivity contribution in [3.05, 3.63) is 58.1 Å². The zero-order chi connectivity index (χ0) is 16.3. The minimum Gasteiger partial charge on any atom is -0.318 e. The van der Waals surface area contributed by atoms with E-state index in [0.717, 1.165) is 16.7 Å². The fraction of sp³-hybridized carbons (Fsp3) is 0.176. The molecule has 0 aliphatic heterocycles. The van der Waals surface area contributed by atoms with Gasteiger partial charge in [0.25, 0.3) is 0 Å². The number of amides is 2. The molecule has 2 aromatic rings. The Hall–Kier alpha value is -2.33. The summed E-state index contributed by atoms with van der Waals surface area (Å²) in [7, 11) is 0. The lowest BCUT2D eigenvalue weighted by Crippen LogP contribution is -2.29. The molecule has 2 aromatic carbocycles. The minimum atomic E-state index is -0.715. The highest BCUT2D eigenvalue weighted by atomic mass is 35.5. The van der Waals surface area contributed by atoms with Gasteiger partial charge in [-0.3, -0.25) is 9.59 Å². The molecule has 0 aliphatic rings. The van der Waals surface area contributed by atoms with Gasteiger partial charge in [0.05, 0.1) is 0 Å². The number of carbonyl (C=O) groups excluding carboxylic acids is 2. The van der Waals surface area contributed by atoms with Crippen LogP contribution in [-0.4, -0.2) is 11.8 Å². The second kappa shape index (κ2) is 6.62. The van der Waals surface area contributed by atoms with E-state index in [2.05, 4.69) is 10.6 Å². The van der Waals surface area contributed by atoms with Gasteiger partial charge in [-0.15, -0.1) is 0 Å². The summed E-state index contributed by atoms with van der Waals surface area (Å²) in [5.74, 6) is -1.42. The molecule has 0 aliphatic carbocycles. The lowest BCUT2D eigenvalue weighted by atomic mass is 10.1. The molecule has 0 saturated heterocycles. The molecule has 0 aromatic heterocycles. The number of anilines is 2. The highest BCUT2D eigenvalue weighted by Gasteiger charge is 2.16. The Kier molecular flexibility index (Phi) is 4.83. The van der Waals surface area contributed by atoms with Gasteiger partial charge < -0.3 is 10.6 Å². The summed E-state index contributed by atoms with van der Waals surface area (Å²) in [5, 5.41) is 5.82. The van der Waals surface area contributed by atoms with Gasteiger partial charge in [-0.25, -0.2) is 0 Å². The molecular formula is C17H17ClN2O2. The Balaban J connectivity index is 2.11. The molecule has 4 nitrogen and oxygen atoms in total. The van der Waals surface area contributed by atoms with Crippen molar-refractivity contribution in [2.45, 2.75) is 20.8 Å².